The van der Waals surface area contributed by atoms with Gasteiger partial charge in [0.15, 0.2) is 0 Å². The smallest absolute Gasteiger partial charge is 0.355 e. The zero-order valence-electron chi connectivity index (χ0n) is 9.08. The van der Waals surface area contributed by atoms with Crippen molar-refractivity contribution in [1.29, 1.82) is 0 Å². The maximum Gasteiger partial charge on any atom is 0.355 e. The second kappa shape index (κ2) is 3.96. The van der Waals surface area contributed by atoms with Crippen LogP contribution in [0, 0.1) is 5.82 Å². The number of anilines is 1. The Labute approximate surface area is 92.9 Å². The molecule has 1 aromatic rings. The van der Waals surface area contributed by atoms with Crippen molar-refractivity contribution in [3.63, 3.8) is 0 Å². The third kappa shape index (κ3) is 1.91. The fraction of sp³-hybridized carbons (Fsp3) is 0.250. The maximum absolute atomic E-state index is 12.7. The average molecular weight is 221 g/mol. The van der Waals surface area contributed by atoms with E-state index in [-0.39, 0.29) is 17.9 Å². The molecule has 2 rings (SSSR count). The standard InChI is InChI=1S/C12H12FNO2/c1-7-8(2)16-12(15)11(7)14-10-5-3-9(13)4-6-10/h3-6,8,14H,1-2H3. The number of carbonyl (C=O) groups excluding carboxylic acids is 1. The fourth-order valence-corrected chi connectivity index (χ4v) is 1.50. The number of halogens is 1. The molecule has 4 heteroatoms. The molecule has 1 aliphatic rings. The van der Waals surface area contributed by atoms with Gasteiger partial charge >= 0.3 is 5.97 Å². The number of esters is 1. The van der Waals surface area contributed by atoms with E-state index in [9.17, 15) is 9.18 Å². The summed E-state index contributed by atoms with van der Waals surface area (Å²) >= 11 is 0. The van der Waals surface area contributed by atoms with Crippen LogP contribution in [0.4, 0.5) is 10.1 Å². The van der Waals surface area contributed by atoms with Crippen LogP contribution in [0.2, 0.25) is 0 Å². The summed E-state index contributed by atoms with van der Waals surface area (Å²) in [7, 11) is 0. The average Bonchev–Trinajstić information content (AvgIpc) is 2.48. The number of cyclic esters (lactones) is 1. The van der Waals surface area contributed by atoms with Crippen LogP contribution in [-0.2, 0) is 9.53 Å². The van der Waals surface area contributed by atoms with Gasteiger partial charge in [-0.05, 0) is 43.7 Å². The van der Waals surface area contributed by atoms with E-state index in [1.165, 1.54) is 12.1 Å². The molecule has 1 atom stereocenters. The molecule has 1 N–H and O–H groups in total. The molecule has 1 aromatic carbocycles. The number of ether oxygens (including phenoxy) is 1. The van der Waals surface area contributed by atoms with E-state index >= 15 is 0 Å². The van der Waals surface area contributed by atoms with Crippen LogP contribution < -0.4 is 5.32 Å². The van der Waals surface area contributed by atoms with Gasteiger partial charge in [-0.1, -0.05) is 0 Å². The van der Waals surface area contributed by atoms with Gasteiger partial charge in [-0.25, -0.2) is 9.18 Å². The Balaban J connectivity index is 2.22. The summed E-state index contributed by atoms with van der Waals surface area (Å²) in [6.45, 7) is 3.65. The minimum atomic E-state index is -0.366. The van der Waals surface area contributed by atoms with E-state index in [0.717, 1.165) is 5.57 Å². The summed E-state index contributed by atoms with van der Waals surface area (Å²) in [5.74, 6) is -0.673. The molecule has 0 aromatic heterocycles. The van der Waals surface area contributed by atoms with Crippen LogP contribution in [0.15, 0.2) is 35.5 Å². The van der Waals surface area contributed by atoms with Crippen LogP contribution in [0.5, 0.6) is 0 Å². The number of rotatable bonds is 2. The Morgan fingerprint density at radius 3 is 2.44 bits per heavy atom. The molecule has 0 aliphatic carbocycles. The Morgan fingerprint density at radius 2 is 1.94 bits per heavy atom. The summed E-state index contributed by atoms with van der Waals surface area (Å²) in [5, 5.41) is 2.94. The molecule has 0 spiro atoms. The number of nitrogens with one attached hydrogen (secondary N) is 1. The first kappa shape index (κ1) is 10.7. The van der Waals surface area contributed by atoms with Crippen LogP contribution in [0.25, 0.3) is 0 Å². The Bertz CT molecular complexity index is 451. The van der Waals surface area contributed by atoms with Gasteiger partial charge in [-0.3, -0.25) is 0 Å². The topological polar surface area (TPSA) is 38.3 Å². The quantitative estimate of drug-likeness (QED) is 0.779. The first-order valence-corrected chi connectivity index (χ1v) is 5.02. The molecule has 0 fully saturated rings. The van der Waals surface area contributed by atoms with Crippen molar-refractivity contribution >= 4 is 11.7 Å². The van der Waals surface area contributed by atoms with Crippen LogP contribution in [0.1, 0.15) is 13.8 Å². The van der Waals surface area contributed by atoms with E-state index in [2.05, 4.69) is 5.32 Å². The summed E-state index contributed by atoms with van der Waals surface area (Å²) in [5.41, 5.74) is 1.97. The summed E-state index contributed by atoms with van der Waals surface area (Å²) in [4.78, 5) is 11.4. The monoisotopic (exact) mass is 221 g/mol. The summed E-state index contributed by atoms with van der Waals surface area (Å²) in [6, 6.07) is 5.82. The molecular formula is C12H12FNO2. The van der Waals surface area contributed by atoms with E-state index in [1.807, 2.05) is 13.8 Å². The van der Waals surface area contributed by atoms with Crippen molar-refractivity contribution in [3.8, 4) is 0 Å². The molecule has 3 nitrogen and oxygen atoms in total. The number of hydrogen-bond acceptors (Lipinski definition) is 3. The number of hydrogen-bond donors (Lipinski definition) is 1. The minimum Gasteiger partial charge on any atom is -0.453 e. The predicted molar refractivity (Wildman–Crippen MR) is 58.3 cm³/mol. The van der Waals surface area contributed by atoms with Crippen LogP contribution in [0.3, 0.4) is 0 Å². The minimum absolute atomic E-state index is 0.199. The van der Waals surface area contributed by atoms with E-state index in [1.54, 1.807) is 12.1 Å². The fourth-order valence-electron chi connectivity index (χ4n) is 1.50. The van der Waals surface area contributed by atoms with Gasteiger partial charge < -0.3 is 10.1 Å². The van der Waals surface area contributed by atoms with Crippen LogP contribution in [-0.4, -0.2) is 12.1 Å². The lowest BCUT2D eigenvalue weighted by atomic mass is 10.1. The molecule has 0 amide bonds. The third-order valence-electron chi connectivity index (χ3n) is 2.61. The predicted octanol–water partition coefficient (Wildman–Crippen LogP) is 2.46. The highest BCUT2D eigenvalue weighted by atomic mass is 19.1. The van der Waals surface area contributed by atoms with Crippen molar-refractivity contribution in [2.75, 3.05) is 5.32 Å². The second-order valence-corrected chi connectivity index (χ2v) is 3.74. The molecule has 0 radical (unpaired) electrons. The van der Waals surface area contributed by atoms with Gasteiger partial charge in [-0.2, -0.15) is 0 Å². The molecular weight excluding hydrogens is 209 g/mol. The van der Waals surface area contributed by atoms with Gasteiger partial charge in [0.25, 0.3) is 0 Å². The van der Waals surface area contributed by atoms with Crippen molar-refractivity contribution in [3.05, 3.63) is 41.4 Å². The van der Waals surface area contributed by atoms with Gasteiger partial charge in [0.1, 0.15) is 17.6 Å². The highest BCUT2D eigenvalue weighted by Crippen LogP contribution is 2.23. The van der Waals surface area contributed by atoms with E-state index in [0.29, 0.717) is 11.4 Å². The molecule has 84 valence electrons. The van der Waals surface area contributed by atoms with Crippen LogP contribution >= 0.6 is 0 Å². The molecule has 1 aliphatic heterocycles. The lowest BCUT2D eigenvalue weighted by molar-refractivity contribution is -0.138. The zero-order chi connectivity index (χ0) is 11.7. The lowest BCUT2D eigenvalue weighted by Crippen LogP contribution is -2.09. The third-order valence-corrected chi connectivity index (χ3v) is 2.61. The molecule has 0 bridgehead atoms. The number of benzene rings is 1. The highest BCUT2D eigenvalue weighted by molar-refractivity contribution is 5.95. The van der Waals surface area contributed by atoms with E-state index in [4.69, 9.17) is 4.74 Å². The Hall–Kier alpha value is -1.84. The van der Waals surface area contributed by atoms with Crippen molar-refractivity contribution in [2.45, 2.75) is 20.0 Å². The van der Waals surface area contributed by atoms with Gasteiger partial charge in [0.05, 0.1) is 0 Å². The second-order valence-electron chi connectivity index (χ2n) is 3.74. The first-order chi connectivity index (χ1) is 7.58. The maximum atomic E-state index is 12.7. The normalized spacial score (nSPS) is 19.9. The molecule has 0 saturated heterocycles. The molecule has 1 heterocycles. The summed E-state index contributed by atoms with van der Waals surface area (Å²) < 4.78 is 17.7. The van der Waals surface area contributed by atoms with Crippen molar-refractivity contribution < 1.29 is 13.9 Å². The Morgan fingerprint density at radius 1 is 1.31 bits per heavy atom. The van der Waals surface area contributed by atoms with Gasteiger partial charge in [0, 0.05) is 5.69 Å². The molecule has 1 unspecified atom stereocenters. The Kier molecular flexibility index (Phi) is 2.64. The molecule has 0 saturated carbocycles. The zero-order valence-corrected chi connectivity index (χ0v) is 9.08. The molecule has 16 heavy (non-hydrogen) atoms. The van der Waals surface area contributed by atoms with Crippen molar-refractivity contribution in [2.24, 2.45) is 0 Å². The summed E-state index contributed by atoms with van der Waals surface area (Å²) in [6.07, 6.45) is -0.199. The largest absolute Gasteiger partial charge is 0.453 e. The SMILES string of the molecule is CC1=C(Nc2ccc(F)cc2)C(=O)OC1C. The van der Waals surface area contributed by atoms with E-state index < -0.39 is 0 Å². The van der Waals surface area contributed by atoms with Crippen molar-refractivity contribution in [1.82, 2.24) is 0 Å². The highest BCUT2D eigenvalue weighted by Gasteiger charge is 2.28. The number of carbonyl (C=O) groups is 1. The van der Waals surface area contributed by atoms with Gasteiger partial charge in [0.2, 0.25) is 0 Å². The lowest BCUT2D eigenvalue weighted by Gasteiger charge is -2.05. The first-order valence-electron chi connectivity index (χ1n) is 5.02. The van der Waals surface area contributed by atoms with Gasteiger partial charge in [-0.15, -0.1) is 0 Å².